The maximum Gasteiger partial charge on any atom is 0.265 e. The number of hydrogen-bond acceptors (Lipinski definition) is 6. The molecule has 0 aliphatic rings. The van der Waals surface area contributed by atoms with E-state index in [0.717, 1.165) is 0 Å². The van der Waals surface area contributed by atoms with E-state index in [1.54, 1.807) is 12.1 Å². The van der Waals surface area contributed by atoms with Gasteiger partial charge in [-0.1, -0.05) is 35.3 Å². The van der Waals surface area contributed by atoms with Gasteiger partial charge in [-0.05, 0) is 34.6 Å². The van der Waals surface area contributed by atoms with Crippen LogP contribution in [0.25, 0.3) is 11.0 Å². The molecule has 0 aliphatic carbocycles. The molecule has 0 saturated carbocycles. The van der Waals surface area contributed by atoms with E-state index in [-0.39, 0.29) is 43.9 Å². The second kappa shape index (κ2) is 7.04. The van der Waals surface area contributed by atoms with Crippen molar-refractivity contribution in [2.45, 2.75) is 11.4 Å². The summed E-state index contributed by atoms with van der Waals surface area (Å²) < 4.78 is 47.6. The van der Waals surface area contributed by atoms with E-state index in [0.29, 0.717) is 0 Å². The average molecular weight is 442 g/mol. The first kappa shape index (κ1) is 18.7. The largest absolute Gasteiger partial charge is 0.265 e. The summed E-state index contributed by atoms with van der Waals surface area (Å²) in [6, 6.07) is 8.70. The molecular formula is C16H10Cl2FN5O3S. The molecule has 2 aromatic carbocycles. The van der Waals surface area contributed by atoms with Crippen molar-refractivity contribution in [1.29, 1.82) is 0 Å². The van der Waals surface area contributed by atoms with Crippen LogP contribution in [0.5, 0.6) is 0 Å². The number of hydrogen-bond donors (Lipinski definition) is 1. The Balaban J connectivity index is 1.65. The summed E-state index contributed by atoms with van der Waals surface area (Å²) in [6.07, 6.45) is 1.36. The van der Waals surface area contributed by atoms with Crippen LogP contribution in [0.2, 0.25) is 10.0 Å². The summed E-state index contributed by atoms with van der Waals surface area (Å²) in [6.45, 7) is -0.0320. The van der Waals surface area contributed by atoms with E-state index in [1.165, 1.54) is 35.1 Å². The topological polar surface area (TPSA) is 103 Å². The maximum absolute atomic E-state index is 14.0. The molecule has 0 fully saturated rings. The molecule has 8 nitrogen and oxygen atoms in total. The standard InChI is InChI=1S/C16H10Cl2FN5O3S/c17-10-3-1-4-12(19)9(10)7-24-8-11(18)16(20-24)23-28(25,26)14-6-2-5-13-15(14)22-27-21-13/h1-6,8H,7H2,(H,20,23). The Kier molecular flexibility index (Phi) is 4.69. The lowest BCUT2D eigenvalue weighted by Gasteiger charge is -2.07. The summed E-state index contributed by atoms with van der Waals surface area (Å²) in [4.78, 5) is -0.144. The first-order chi connectivity index (χ1) is 13.3. The zero-order chi connectivity index (χ0) is 19.9. The molecule has 0 bridgehead atoms. The Labute approximate surface area is 167 Å². The molecule has 0 saturated heterocycles. The van der Waals surface area contributed by atoms with Crippen molar-refractivity contribution in [3.05, 3.63) is 64.0 Å². The molecule has 0 atom stereocenters. The van der Waals surface area contributed by atoms with Crippen molar-refractivity contribution in [2.24, 2.45) is 0 Å². The number of benzene rings is 2. The predicted molar refractivity (Wildman–Crippen MR) is 100 cm³/mol. The van der Waals surface area contributed by atoms with Crippen molar-refractivity contribution in [2.75, 3.05) is 4.72 Å². The van der Waals surface area contributed by atoms with Crippen LogP contribution in [-0.2, 0) is 16.6 Å². The van der Waals surface area contributed by atoms with Gasteiger partial charge in [-0.15, -0.1) is 0 Å². The molecule has 28 heavy (non-hydrogen) atoms. The van der Waals surface area contributed by atoms with Gasteiger partial charge in [0.1, 0.15) is 21.3 Å². The number of anilines is 1. The van der Waals surface area contributed by atoms with Crippen molar-refractivity contribution in [3.8, 4) is 0 Å². The molecule has 4 rings (SSSR count). The second-order valence-corrected chi connectivity index (χ2v) is 8.18. The van der Waals surface area contributed by atoms with Gasteiger partial charge in [-0.2, -0.15) is 5.10 Å². The van der Waals surface area contributed by atoms with Crippen LogP contribution in [-0.4, -0.2) is 28.5 Å². The minimum Gasteiger partial charge on any atom is -0.264 e. The van der Waals surface area contributed by atoms with Gasteiger partial charge in [0.25, 0.3) is 10.0 Å². The van der Waals surface area contributed by atoms with E-state index in [4.69, 9.17) is 23.2 Å². The summed E-state index contributed by atoms with van der Waals surface area (Å²) >= 11 is 12.1. The van der Waals surface area contributed by atoms with Gasteiger partial charge in [-0.25, -0.2) is 17.4 Å². The van der Waals surface area contributed by atoms with Gasteiger partial charge in [0.15, 0.2) is 11.3 Å². The van der Waals surface area contributed by atoms with Crippen molar-refractivity contribution in [1.82, 2.24) is 20.1 Å². The SMILES string of the molecule is O=S(=O)(Nc1nn(Cc2c(F)cccc2Cl)cc1Cl)c1cccc2nonc12. The van der Waals surface area contributed by atoms with Crippen molar-refractivity contribution in [3.63, 3.8) is 0 Å². The molecule has 2 heterocycles. The van der Waals surface area contributed by atoms with Gasteiger partial charge < -0.3 is 0 Å². The lowest BCUT2D eigenvalue weighted by atomic mass is 10.2. The number of halogens is 3. The Morgan fingerprint density at radius 1 is 1.11 bits per heavy atom. The van der Waals surface area contributed by atoms with Gasteiger partial charge in [-0.3, -0.25) is 9.40 Å². The zero-order valence-corrected chi connectivity index (χ0v) is 16.1. The fourth-order valence-electron chi connectivity index (χ4n) is 2.57. The fraction of sp³-hybridized carbons (Fsp3) is 0.0625. The normalized spacial score (nSPS) is 11.8. The van der Waals surface area contributed by atoms with Crippen LogP contribution in [0.4, 0.5) is 10.2 Å². The zero-order valence-electron chi connectivity index (χ0n) is 13.8. The Morgan fingerprint density at radius 3 is 2.68 bits per heavy atom. The summed E-state index contributed by atoms with van der Waals surface area (Å²) in [5.41, 5.74) is 0.563. The first-order valence-corrected chi connectivity index (χ1v) is 9.99. The number of nitrogens with zero attached hydrogens (tertiary/aromatic N) is 4. The summed E-state index contributed by atoms with van der Waals surface area (Å²) in [5, 5.41) is 11.5. The molecule has 1 N–H and O–H groups in total. The lowest BCUT2D eigenvalue weighted by Crippen LogP contribution is -2.14. The van der Waals surface area contributed by atoms with Crippen LogP contribution < -0.4 is 4.72 Å². The van der Waals surface area contributed by atoms with Gasteiger partial charge in [0, 0.05) is 16.8 Å². The van der Waals surface area contributed by atoms with E-state index >= 15 is 0 Å². The van der Waals surface area contributed by atoms with E-state index in [2.05, 4.69) is 24.8 Å². The average Bonchev–Trinajstić information content (AvgIpc) is 3.24. The molecule has 2 aromatic heterocycles. The summed E-state index contributed by atoms with van der Waals surface area (Å²) in [5.74, 6) is -0.631. The Morgan fingerprint density at radius 2 is 1.89 bits per heavy atom. The lowest BCUT2D eigenvalue weighted by molar-refractivity contribution is 0.315. The number of rotatable bonds is 5. The van der Waals surface area contributed by atoms with Gasteiger partial charge >= 0.3 is 0 Å². The quantitative estimate of drug-likeness (QED) is 0.506. The monoisotopic (exact) mass is 441 g/mol. The highest BCUT2D eigenvalue weighted by atomic mass is 35.5. The smallest absolute Gasteiger partial charge is 0.264 e. The summed E-state index contributed by atoms with van der Waals surface area (Å²) in [7, 11) is -4.08. The van der Waals surface area contributed by atoms with Crippen LogP contribution in [0.1, 0.15) is 5.56 Å². The highest BCUT2D eigenvalue weighted by Gasteiger charge is 2.23. The molecule has 0 amide bonds. The molecule has 0 spiro atoms. The highest BCUT2D eigenvalue weighted by Crippen LogP contribution is 2.27. The number of aromatic nitrogens is 4. The molecule has 4 aromatic rings. The minimum absolute atomic E-state index is 0.0292. The molecule has 0 unspecified atom stereocenters. The molecular weight excluding hydrogens is 432 g/mol. The molecule has 0 aliphatic heterocycles. The maximum atomic E-state index is 14.0. The highest BCUT2D eigenvalue weighted by molar-refractivity contribution is 7.93. The third kappa shape index (κ3) is 3.41. The first-order valence-electron chi connectivity index (χ1n) is 7.75. The van der Waals surface area contributed by atoms with Crippen LogP contribution in [0.15, 0.2) is 52.1 Å². The number of sulfonamides is 1. The number of fused-ring (bicyclic) bond motifs is 1. The third-order valence-electron chi connectivity index (χ3n) is 3.87. The fourth-order valence-corrected chi connectivity index (χ4v) is 4.22. The predicted octanol–water partition coefficient (Wildman–Crippen LogP) is 3.71. The Bertz CT molecular complexity index is 1270. The minimum atomic E-state index is -4.08. The van der Waals surface area contributed by atoms with Crippen molar-refractivity contribution >= 4 is 50.1 Å². The number of nitrogens with one attached hydrogen (secondary N) is 1. The van der Waals surface area contributed by atoms with Crippen LogP contribution in [0, 0.1) is 5.82 Å². The molecule has 12 heteroatoms. The second-order valence-electron chi connectivity index (χ2n) is 5.72. The van der Waals surface area contributed by atoms with Crippen LogP contribution >= 0.6 is 23.2 Å². The van der Waals surface area contributed by atoms with Gasteiger partial charge in [0.05, 0.1) is 6.54 Å². The van der Waals surface area contributed by atoms with E-state index in [1.807, 2.05) is 0 Å². The van der Waals surface area contributed by atoms with E-state index < -0.39 is 15.8 Å². The third-order valence-corrected chi connectivity index (χ3v) is 5.87. The van der Waals surface area contributed by atoms with Crippen molar-refractivity contribution < 1.29 is 17.4 Å². The Hall–Kier alpha value is -2.69. The van der Waals surface area contributed by atoms with Crippen LogP contribution in [0.3, 0.4) is 0 Å². The van der Waals surface area contributed by atoms with Gasteiger partial charge in [0.2, 0.25) is 0 Å². The van der Waals surface area contributed by atoms with E-state index in [9.17, 15) is 12.8 Å². The molecule has 0 radical (unpaired) electrons. The molecule has 144 valence electrons.